The average Bonchev–Trinajstić information content (AvgIpc) is 2.66. The topological polar surface area (TPSA) is 79.8 Å². The van der Waals surface area contributed by atoms with Crippen molar-refractivity contribution in [3.05, 3.63) is 63.6 Å². The fourth-order valence-electron chi connectivity index (χ4n) is 2.14. The quantitative estimate of drug-likeness (QED) is 0.496. The molecular weight excluding hydrogens is 410 g/mol. The van der Waals surface area contributed by atoms with Gasteiger partial charge in [0.05, 0.1) is 19.4 Å². The van der Waals surface area contributed by atoms with E-state index in [9.17, 15) is 9.59 Å². The molecule has 0 aliphatic heterocycles. The number of carbonyl (C=O) groups is 2. The molecule has 2 rings (SSSR count). The van der Waals surface area contributed by atoms with E-state index in [0.29, 0.717) is 17.9 Å². The van der Waals surface area contributed by atoms with Crippen LogP contribution in [0.4, 0.5) is 0 Å². The monoisotopic (exact) mass is 431 g/mol. The summed E-state index contributed by atoms with van der Waals surface area (Å²) in [7, 11) is 0. The van der Waals surface area contributed by atoms with E-state index in [1.807, 2.05) is 44.2 Å². The van der Waals surface area contributed by atoms with Crippen LogP contribution in [0.3, 0.4) is 0 Å². The summed E-state index contributed by atoms with van der Waals surface area (Å²) in [5, 5.41) is 6.50. The van der Waals surface area contributed by atoms with E-state index in [4.69, 9.17) is 4.74 Å². The van der Waals surface area contributed by atoms with Crippen LogP contribution in [0.2, 0.25) is 0 Å². The first kappa shape index (κ1) is 20.6. The lowest BCUT2D eigenvalue weighted by Crippen LogP contribution is -2.34. The minimum Gasteiger partial charge on any atom is -0.493 e. The Morgan fingerprint density at radius 1 is 1.19 bits per heavy atom. The first-order chi connectivity index (χ1) is 13.0. The molecule has 0 unspecified atom stereocenters. The summed E-state index contributed by atoms with van der Waals surface area (Å²) in [6.45, 7) is 4.40. The van der Waals surface area contributed by atoms with Crippen molar-refractivity contribution in [2.75, 3.05) is 13.2 Å². The number of hydrogen-bond acceptors (Lipinski definition) is 4. The molecule has 0 spiro atoms. The Morgan fingerprint density at radius 3 is 2.63 bits per heavy atom. The van der Waals surface area contributed by atoms with Crippen LogP contribution in [0.1, 0.15) is 34.8 Å². The van der Waals surface area contributed by atoms with Gasteiger partial charge in [-0.3, -0.25) is 9.59 Å². The number of ether oxygens (including phenoxy) is 1. The highest BCUT2D eigenvalue weighted by Crippen LogP contribution is 2.21. The van der Waals surface area contributed by atoms with Gasteiger partial charge in [0.1, 0.15) is 5.75 Å². The Kier molecular flexibility index (Phi) is 8.00. The van der Waals surface area contributed by atoms with Crippen LogP contribution in [0.25, 0.3) is 0 Å². The third kappa shape index (κ3) is 6.86. The SMILES string of the molecule is CCCOc1ccc(Br)cc1/C=N\NC(=O)CNC(=O)c1ccc(C)cc1. The second-order valence-electron chi connectivity index (χ2n) is 5.87. The largest absolute Gasteiger partial charge is 0.493 e. The first-order valence-corrected chi connectivity index (χ1v) is 9.38. The van der Waals surface area contributed by atoms with E-state index in [0.717, 1.165) is 22.0 Å². The normalized spacial score (nSPS) is 10.6. The number of hydrazone groups is 1. The van der Waals surface area contributed by atoms with Crippen LogP contribution in [0.15, 0.2) is 52.0 Å². The summed E-state index contributed by atoms with van der Waals surface area (Å²) in [5.41, 5.74) is 4.70. The Balaban J connectivity index is 1.87. The molecule has 0 aliphatic rings. The number of rotatable bonds is 8. The van der Waals surface area contributed by atoms with Crippen LogP contribution in [0.5, 0.6) is 5.75 Å². The van der Waals surface area contributed by atoms with Gasteiger partial charge in [0, 0.05) is 15.6 Å². The fourth-order valence-corrected chi connectivity index (χ4v) is 2.52. The number of halogens is 1. The molecular formula is C20H22BrN3O3. The molecule has 0 aliphatic carbocycles. The van der Waals surface area contributed by atoms with Gasteiger partial charge in [-0.25, -0.2) is 5.43 Å². The zero-order valence-corrected chi connectivity index (χ0v) is 16.9. The molecule has 0 heterocycles. The zero-order valence-electron chi connectivity index (χ0n) is 15.3. The molecule has 0 radical (unpaired) electrons. The molecule has 0 saturated carbocycles. The first-order valence-electron chi connectivity index (χ1n) is 8.58. The second-order valence-corrected chi connectivity index (χ2v) is 6.79. The summed E-state index contributed by atoms with van der Waals surface area (Å²) in [4.78, 5) is 23.9. The summed E-state index contributed by atoms with van der Waals surface area (Å²) in [6.07, 6.45) is 2.40. The van der Waals surface area contributed by atoms with E-state index in [2.05, 4.69) is 31.8 Å². The van der Waals surface area contributed by atoms with Gasteiger partial charge < -0.3 is 10.1 Å². The number of aryl methyl sites for hydroxylation is 1. The van der Waals surface area contributed by atoms with Crippen molar-refractivity contribution < 1.29 is 14.3 Å². The highest BCUT2D eigenvalue weighted by Gasteiger charge is 2.07. The van der Waals surface area contributed by atoms with Crippen molar-refractivity contribution in [1.29, 1.82) is 0 Å². The highest BCUT2D eigenvalue weighted by molar-refractivity contribution is 9.10. The standard InChI is InChI=1S/C20H22BrN3O3/c1-3-10-27-18-9-8-17(21)11-16(18)12-23-24-19(25)13-22-20(26)15-6-4-14(2)5-7-15/h4-9,11-12H,3,10,13H2,1-2H3,(H,22,26)(H,24,25)/b23-12-. The van der Waals surface area contributed by atoms with Gasteiger partial charge in [0.15, 0.2) is 0 Å². The average molecular weight is 432 g/mol. The van der Waals surface area contributed by atoms with Crippen LogP contribution in [-0.4, -0.2) is 31.2 Å². The minimum absolute atomic E-state index is 0.165. The van der Waals surface area contributed by atoms with Gasteiger partial charge in [-0.1, -0.05) is 40.5 Å². The van der Waals surface area contributed by atoms with Gasteiger partial charge in [0.2, 0.25) is 0 Å². The van der Waals surface area contributed by atoms with Crippen molar-refractivity contribution in [3.8, 4) is 5.75 Å². The highest BCUT2D eigenvalue weighted by atomic mass is 79.9. The van der Waals surface area contributed by atoms with E-state index in [1.165, 1.54) is 6.21 Å². The molecule has 7 heteroatoms. The molecule has 2 aromatic rings. The summed E-state index contributed by atoms with van der Waals surface area (Å²) in [6, 6.07) is 12.7. The predicted molar refractivity (Wildman–Crippen MR) is 109 cm³/mol. The third-order valence-electron chi connectivity index (χ3n) is 3.55. The zero-order chi connectivity index (χ0) is 19.6. The van der Waals surface area contributed by atoms with Crippen molar-refractivity contribution in [2.24, 2.45) is 5.10 Å². The lowest BCUT2D eigenvalue weighted by atomic mass is 10.1. The van der Waals surface area contributed by atoms with Crippen molar-refractivity contribution in [3.63, 3.8) is 0 Å². The lowest BCUT2D eigenvalue weighted by molar-refractivity contribution is -0.120. The number of carbonyl (C=O) groups excluding carboxylic acids is 2. The van der Waals surface area contributed by atoms with Crippen LogP contribution >= 0.6 is 15.9 Å². The van der Waals surface area contributed by atoms with Gasteiger partial charge in [-0.15, -0.1) is 0 Å². The molecule has 0 saturated heterocycles. The Labute approximate surface area is 167 Å². The van der Waals surface area contributed by atoms with Crippen LogP contribution in [0, 0.1) is 6.92 Å². The fraction of sp³-hybridized carbons (Fsp3) is 0.250. The lowest BCUT2D eigenvalue weighted by Gasteiger charge is -2.08. The Morgan fingerprint density at radius 2 is 1.93 bits per heavy atom. The van der Waals surface area contributed by atoms with Gasteiger partial charge >= 0.3 is 0 Å². The molecule has 27 heavy (non-hydrogen) atoms. The van der Waals surface area contributed by atoms with Crippen molar-refractivity contribution in [1.82, 2.24) is 10.7 Å². The Hall–Kier alpha value is -2.67. The number of hydrogen-bond donors (Lipinski definition) is 2. The Bertz CT molecular complexity index is 820. The van der Waals surface area contributed by atoms with Gasteiger partial charge in [-0.2, -0.15) is 5.10 Å². The number of nitrogens with zero attached hydrogens (tertiary/aromatic N) is 1. The number of amides is 2. The van der Waals surface area contributed by atoms with E-state index in [1.54, 1.807) is 12.1 Å². The smallest absolute Gasteiger partial charge is 0.259 e. The van der Waals surface area contributed by atoms with E-state index < -0.39 is 5.91 Å². The maximum atomic E-state index is 12.0. The molecule has 0 bridgehead atoms. The molecule has 0 aromatic heterocycles. The minimum atomic E-state index is -0.419. The summed E-state index contributed by atoms with van der Waals surface area (Å²) in [5.74, 6) is -0.0418. The maximum Gasteiger partial charge on any atom is 0.259 e. The van der Waals surface area contributed by atoms with Crippen molar-refractivity contribution in [2.45, 2.75) is 20.3 Å². The molecule has 2 N–H and O–H groups in total. The molecule has 2 amide bonds. The maximum absolute atomic E-state index is 12.0. The third-order valence-corrected chi connectivity index (χ3v) is 4.04. The van der Waals surface area contributed by atoms with E-state index >= 15 is 0 Å². The molecule has 0 fully saturated rings. The van der Waals surface area contributed by atoms with Crippen molar-refractivity contribution >= 4 is 34.0 Å². The van der Waals surface area contributed by atoms with Crippen LogP contribution < -0.4 is 15.5 Å². The van der Waals surface area contributed by atoms with E-state index in [-0.39, 0.29) is 12.5 Å². The van der Waals surface area contributed by atoms with Gasteiger partial charge in [-0.05, 0) is 43.7 Å². The molecule has 0 atom stereocenters. The number of benzene rings is 2. The molecule has 2 aromatic carbocycles. The van der Waals surface area contributed by atoms with Crippen LogP contribution in [-0.2, 0) is 4.79 Å². The summed E-state index contributed by atoms with van der Waals surface area (Å²) < 4.78 is 6.53. The molecule has 6 nitrogen and oxygen atoms in total. The summed E-state index contributed by atoms with van der Waals surface area (Å²) >= 11 is 3.40. The molecule has 142 valence electrons. The number of nitrogens with one attached hydrogen (secondary N) is 2. The second kappa shape index (κ2) is 10.5. The van der Waals surface area contributed by atoms with Gasteiger partial charge in [0.25, 0.3) is 11.8 Å². The predicted octanol–water partition coefficient (Wildman–Crippen LogP) is 3.43.